The molecule has 0 fully saturated rings. The van der Waals surface area contributed by atoms with Crippen molar-refractivity contribution in [3.05, 3.63) is 73.1 Å². The SMILES string of the molecule is CCc1c(C)c2ccc(NC(=O)c3ccccc3I)cc2[nH]c1=O. The van der Waals surface area contributed by atoms with Crippen LogP contribution in [-0.2, 0) is 6.42 Å². The van der Waals surface area contributed by atoms with Crippen molar-refractivity contribution in [2.24, 2.45) is 0 Å². The molecule has 0 aliphatic heterocycles. The number of aromatic nitrogens is 1. The standard InChI is InChI=1S/C19H17IN2O2/c1-3-13-11(2)14-9-8-12(10-17(14)22-18(13)23)21-19(24)15-6-4-5-7-16(15)20/h4-10H,3H2,1-2H3,(H,21,24)(H,22,23). The van der Waals surface area contributed by atoms with Gasteiger partial charge >= 0.3 is 0 Å². The highest BCUT2D eigenvalue weighted by molar-refractivity contribution is 14.1. The van der Waals surface area contributed by atoms with Gasteiger partial charge in [-0.2, -0.15) is 0 Å². The third-order valence-corrected chi connectivity index (χ3v) is 5.07. The van der Waals surface area contributed by atoms with Crippen LogP contribution in [0.15, 0.2) is 47.3 Å². The molecular weight excluding hydrogens is 415 g/mol. The molecule has 0 unspecified atom stereocenters. The number of carbonyl (C=O) groups is 1. The Morgan fingerprint density at radius 1 is 1.21 bits per heavy atom. The first-order valence-electron chi connectivity index (χ1n) is 7.72. The summed E-state index contributed by atoms with van der Waals surface area (Å²) in [6.07, 6.45) is 0.696. The van der Waals surface area contributed by atoms with Gasteiger partial charge in [-0.05, 0) is 65.8 Å². The monoisotopic (exact) mass is 432 g/mol. The fraction of sp³-hybridized carbons (Fsp3) is 0.158. The number of H-pyrrole nitrogens is 1. The van der Waals surface area contributed by atoms with E-state index >= 15 is 0 Å². The highest BCUT2D eigenvalue weighted by Crippen LogP contribution is 2.22. The van der Waals surface area contributed by atoms with Crippen molar-refractivity contribution in [1.82, 2.24) is 4.98 Å². The summed E-state index contributed by atoms with van der Waals surface area (Å²) in [6.45, 7) is 3.93. The molecule has 4 nitrogen and oxygen atoms in total. The second-order valence-corrected chi connectivity index (χ2v) is 6.77. The van der Waals surface area contributed by atoms with Gasteiger partial charge in [-0.3, -0.25) is 9.59 Å². The summed E-state index contributed by atoms with van der Waals surface area (Å²) in [7, 11) is 0. The predicted octanol–water partition coefficient (Wildman–Crippen LogP) is 4.26. The normalized spacial score (nSPS) is 10.8. The molecule has 0 bridgehead atoms. The van der Waals surface area contributed by atoms with E-state index in [4.69, 9.17) is 0 Å². The van der Waals surface area contributed by atoms with Crippen molar-refractivity contribution in [2.75, 3.05) is 5.32 Å². The Morgan fingerprint density at radius 3 is 2.67 bits per heavy atom. The zero-order chi connectivity index (χ0) is 17.3. The lowest BCUT2D eigenvalue weighted by atomic mass is 10.0. The minimum absolute atomic E-state index is 0.0661. The number of carbonyl (C=O) groups excluding carboxylic acids is 1. The van der Waals surface area contributed by atoms with Crippen LogP contribution >= 0.6 is 22.6 Å². The Hall–Kier alpha value is -2.15. The van der Waals surface area contributed by atoms with Crippen molar-refractivity contribution >= 4 is 45.1 Å². The molecule has 2 aromatic carbocycles. The Labute approximate surface area is 153 Å². The lowest BCUT2D eigenvalue weighted by Crippen LogP contribution is -2.15. The van der Waals surface area contributed by atoms with Crippen LogP contribution in [-0.4, -0.2) is 10.9 Å². The summed E-state index contributed by atoms with van der Waals surface area (Å²) in [4.78, 5) is 27.5. The molecule has 3 rings (SSSR count). The Kier molecular flexibility index (Phi) is 4.71. The van der Waals surface area contributed by atoms with Crippen molar-refractivity contribution in [1.29, 1.82) is 0 Å². The average molecular weight is 432 g/mol. The fourth-order valence-electron chi connectivity index (χ4n) is 2.85. The van der Waals surface area contributed by atoms with E-state index in [1.54, 1.807) is 12.1 Å². The number of aryl methyl sites for hydroxylation is 1. The van der Waals surface area contributed by atoms with E-state index in [0.29, 0.717) is 17.7 Å². The summed E-state index contributed by atoms with van der Waals surface area (Å²) in [6, 6.07) is 13.0. The zero-order valence-corrected chi connectivity index (χ0v) is 15.6. The minimum atomic E-state index is -0.163. The number of benzene rings is 2. The molecule has 1 aromatic heterocycles. The summed E-state index contributed by atoms with van der Waals surface area (Å²) in [5.74, 6) is -0.163. The zero-order valence-electron chi connectivity index (χ0n) is 13.4. The van der Waals surface area contributed by atoms with Gasteiger partial charge in [-0.1, -0.05) is 25.1 Å². The number of rotatable bonds is 3. The highest BCUT2D eigenvalue weighted by Gasteiger charge is 2.11. The van der Waals surface area contributed by atoms with Gasteiger partial charge in [-0.25, -0.2) is 0 Å². The van der Waals surface area contributed by atoms with Crippen LogP contribution in [0.4, 0.5) is 5.69 Å². The maximum absolute atomic E-state index is 12.4. The molecule has 122 valence electrons. The topological polar surface area (TPSA) is 62.0 Å². The predicted molar refractivity (Wildman–Crippen MR) is 106 cm³/mol. The van der Waals surface area contributed by atoms with Gasteiger partial charge in [-0.15, -0.1) is 0 Å². The molecule has 1 heterocycles. The number of halogens is 1. The molecule has 1 amide bonds. The molecule has 24 heavy (non-hydrogen) atoms. The molecule has 0 saturated heterocycles. The third kappa shape index (κ3) is 3.08. The number of aromatic amines is 1. The van der Waals surface area contributed by atoms with E-state index in [-0.39, 0.29) is 11.5 Å². The second-order valence-electron chi connectivity index (χ2n) is 5.61. The maximum atomic E-state index is 12.4. The van der Waals surface area contributed by atoms with E-state index in [0.717, 1.165) is 25.6 Å². The van der Waals surface area contributed by atoms with Crippen LogP contribution < -0.4 is 10.9 Å². The van der Waals surface area contributed by atoms with Crippen LogP contribution in [0.2, 0.25) is 0 Å². The van der Waals surface area contributed by atoms with Crippen LogP contribution in [0.5, 0.6) is 0 Å². The van der Waals surface area contributed by atoms with Gasteiger partial charge in [0.05, 0.1) is 11.1 Å². The molecular formula is C19H17IN2O2. The van der Waals surface area contributed by atoms with Crippen LogP contribution in [0, 0.1) is 10.5 Å². The lowest BCUT2D eigenvalue weighted by Gasteiger charge is -2.10. The molecule has 0 aliphatic carbocycles. The molecule has 3 aromatic rings. The molecule has 2 N–H and O–H groups in total. The van der Waals surface area contributed by atoms with Gasteiger partial charge in [0.1, 0.15) is 0 Å². The quantitative estimate of drug-likeness (QED) is 0.608. The Bertz CT molecular complexity index is 992. The number of nitrogens with one attached hydrogen (secondary N) is 2. The van der Waals surface area contributed by atoms with Crippen molar-refractivity contribution < 1.29 is 4.79 Å². The van der Waals surface area contributed by atoms with Gasteiger partial charge in [0.15, 0.2) is 0 Å². The number of hydrogen-bond acceptors (Lipinski definition) is 2. The summed E-state index contributed by atoms with van der Waals surface area (Å²) < 4.78 is 0.894. The molecule has 0 aliphatic rings. The number of hydrogen-bond donors (Lipinski definition) is 2. The van der Waals surface area contributed by atoms with E-state index in [9.17, 15) is 9.59 Å². The first kappa shape index (κ1) is 16.7. The molecule has 5 heteroatoms. The number of anilines is 1. The average Bonchev–Trinajstić information content (AvgIpc) is 2.55. The van der Waals surface area contributed by atoms with Gasteiger partial charge < -0.3 is 10.3 Å². The van der Waals surface area contributed by atoms with Crippen LogP contribution in [0.3, 0.4) is 0 Å². The van der Waals surface area contributed by atoms with Crippen molar-refractivity contribution in [2.45, 2.75) is 20.3 Å². The van der Waals surface area contributed by atoms with E-state index in [2.05, 4.69) is 32.9 Å². The van der Waals surface area contributed by atoms with Crippen LogP contribution in [0.1, 0.15) is 28.4 Å². The highest BCUT2D eigenvalue weighted by atomic mass is 127. The van der Waals surface area contributed by atoms with Gasteiger partial charge in [0, 0.05) is 20.2 Å². The van der Waals surface area contributed by atoms with Crippen molar-refractivity contribution in [3.8, 4) is 0 Å². The number of fused-ring (bicyclic) bond motifs is 1. The second kappa shape index (κ2) is 6.76. The van der Waals surface area contributed by atoms with E-state index in [1.807, 2.05) is 44.2 Å². The maximum Gasteiger partial charge on any atom is 0.256 e. The summed E-state index contributed by atoms with van der Waals surface area (Å²) in [5, 5.41) is 3.89. The third-order valence-electron chi connectivity index (χ3n) is 4.13. The van der Waals surface area contributed by atoms with E-state index in [1.165, 1.54) is 0 Å². The Balaban J connectivity index is 1.99. The smallest absolute Gasteiger partial charge is 0.256 e. The van der Waals surface area contributed by atoms with Gasteiger partial charge in [0.2, 0.25) is 0 Å². The fourth-order valence-corrected chi connectivity index (χ4v) is 3.48. The molecule has 0 spiro atoms. The van der Waals surface area contributed by atoms with E-state index < -0.39 is 0 Å². The largest absolute Gasteiger partial charge is 0.322 e. The first-order valence-corrected chi connectivity index (χ1v) is 8.80. The number of amides is 1. The molecule has 0 saturated carbocycles. The van der Waals surface area contributed by atoms with Gasteiger partial charge in [0.25, 0.3) is 11.5 Å². The summed E-state index contributed by atoms with van der Waals surface area (Å²) in [5.41, 5.74) is 3.75. The number of pyridine rings is 1. The Morgan fingerprint density at radius 2 is 1.96 bits per heavy atom. The lowest BCUT2D eigenvalue weighted by molar-refractivity contribution is 0.102. The molecule has 0 radical (unpaired) electrons. The van der Waals surface area contributed by atoms with Crippen molar-refractivity contribution in [3.63, 3.8) is 0 Å². The molecule has 0 atom stereocenters. The first-order chi connectivity index (χ1) is 11.5. The minimum Gasteiger partial charge on any atom is -0.322 e. The van der Waals surface area contributed by atoms with Crippen LogP contribution in [0.25, 0.3) is 10.9 Å². The summed E-state index contributed by atoms with van der Waals surface area (Å²) >= 11 is 2.14.